The number of fused-ring (bicyclic) bond motifs is 1. The predicted octanol–water partition coefficient (Wildman–Crippen LogP) is 4.31. The molecule has 2 aromatic rings. The molecule has 0 atom stereocenters. The van der Waals surface area contributed by atoms with Crippen LogP contribution in [0.3, 0.4) is 0 Å². The summed E-state index contributed by atoms with van der Waals surface area (Å²) >= 11 is 3.39. The lowest BCUT2D eigenvalue weighted by atomic mass is 9.85. The lowest BCUT2D eigenvalue weighted by Crippen LogP contribution is -2.44. The monoisotopic (exact) mass is 398 g/mol. The van der Waals surface area contributed by atoms with E-state index in [0.29, 0.717) is 11.4 Å². The Kier molecular flexibility index (Phi) is 4.72. The maximum atomic E-state index is 12.1. The number of amides is 1. The van der Waals surface area contributed by atoms with Gasteiger partial charge in [-0.25, -0.2) is 0 Å². The molecule has 1 heterocycles. The highest BCUT2D eigenvalue weighted by Crippen LogP contribution is 2.32. The Balaban J connectivity index is 2.11. The van der Waals surface area contributed by atoms with Crippen LogP contribution in [0.4, 0.5) is 5.69 Å². The number of nitrogens with zero attached hydrogens (tertiary/aromatic N) is 2. The van der Waals surface area contributed by atoms with E-state index in [-0.39, 0.29) is 11.2 Å². The summed E-state index contributed by atoms with van der Waals surface area (Å²) in [5.74, 6) is -0.617. The van der Waals surface area contributed by atoms with Gasteiger partial charge < -0.3 is 11.1 Å². The topological polar surface area (TPSA) is 79.8 Å². The van der Waals surface area contributed by atoms with Crippen LogP contribution in [0.15, 0.2) is 68.9 Å². The summed E-state index contributed by atoms with van der Waals surface area (Å²) in [4.78, 5) is 12.1. The average molecular weight is 399 g/mol. The molecule has 3 N–H and O–H groups in total. The molecule has 128 valence electrons. The number of carbonyl (C=O) groups excluding carboxylic acids is 1. The van der Waals surface area contributed by atoms with E-state index < -0.39 is 5.91 Å². The molecule has 5 nitrogen and oxygen atoms in total. The highest BCUT2D eigenvalue weighted by atomic mass is 79.9. The number of benzene rings is 2. The van der Waals surface area contributed by atoms with Gasteiger partial charge >= 0.3 is 0 Å². The summed E-state index contributed by atoms with van der Waals surface area (Å²) < 4.78 is 0.888. The average Bonchev–Trinajstić information content (AvgIpc) is 2.53. The van der Waals surface area contributed by atoms with Gasteiger partial charge in [-0.05, 0) is 44.0 Å². The van der Waals surface area contributed by atoms with Crippen LogP contribution in [0.25, 0.3) is 5.70 Å². The molecule has 3 rings (SSSR count). The van der Waals surface area contributed by atoms with Gasteiger partial charge in [0.1, 0.15) is 0 Å². The van der Waals surface area contributed by atoms with Crippen molar-refractivity contribution in [2.45, 2.75) is 25.8 Å². The van der Waals surface area contributed by atoms with Crippen molar-refractivity contribution in [3.8, 4) is 0 Å². The first-order valence-electron chi connectivity index (χ1n) is 7.93. The van der Waals surface area contributed by atoms with E-state index in [0.717, 1.165) is 22.0 Å². The third-order valence-electron chi connectivity index (χ3n) is 3.93. The number of primary amides is 1. The fraction of sp³-hybridized carbons (Fsp3) is 0.211. The van der Waals surface area contributed by atoms with E-state index in [9.17, 15) is 4.79 Å². The highest BCUT2D eigenvalue weighted by molar-refractivity contribution is 9.10. The summed E-state index contributed by atoms with van der Waals surface area (Å²) in [7, 11) is 0. The number of hydrogen-bond donors (Lipinski definition) is 2. The predicted molar refractivity (Wildman–Crippen MR) is 102 cm³/mol. The largest absolute Gasteiger partial charge is 0.377 e. The molecule has 0 bridgehead atoms. The Bertz CT molecular complexity index is 886. The molecule has 6 heteroatoms. The first-order chi connectivity index (χ1) is 11.9. The molecule has 0 saturated heterocycles. The normalized spacial score (nSPS) is 17.7. The molecule has 0 saturated carbocycles. The van der Waals surface area contributed by atoms with Crippen LogP contribution >= 0.6 is 15.9 Å². The molecule has 0 radical (unpaired) electrons. The minimum absolute atomic E-state index is 0.125. The third kappa shape index (κ3) is 3.96. The molecule has 0 spiro atoms. The van der Waals surface area contributed by atoms with Crippen LogP contribution < -0.4 is 11.1 Å². The standard InChI is InChI=1S/C19H19BrN4O/c1-19(2)11-12-6-3-4-9-15(12)16(22-19)17(18(21)25)24-23-14-8-5-7-13(20)10-14/h3-10,22H,11H2,1-2H3,(H2,21,25). The zero-order valence-corrected chi connectivity index (χ0v) is 15.7. The van der Waals surface area contributed by atoms with Gasteiger partial charge in [0.05, 0.1) is 11.4 Å². The maximum Gasteiger partial charge on any atom is 0.271 e. The number of nitrogens with one attached hydrogen (secondary N) is 1. The maximum absolute atomic E-state index is 12.1. The zero-order chi connectivity index (χ0) is 18.0. The zero-order valence-electron chi connectivity index (χ0n) is 14.1. The van der Waals surface area contributed by atoms with Crippen LogP contribution in [0, 0.1) is 0 Å². The van der Waals surface area contributed by atoms with E-state index in [1.807, 2.05) is 42.5 Å². The van der Waals surface area contributed by atoms with Crippen molar-refractivity contribution in [3.05, 3.63) is 69.8 Å². The fourth-order valence-corrected chi connectivity index (χ4v) is 3.29. The van der Waals surface area contributed by atoms with Gasteiger partial charge in [0.15, 0.2) is 5.70 Å². The van der Waals surface area contributed by atoms with Crippen molar-refractivity contribution in [1.29, 1.82) is 0 Å². The molecule has 1 aliphatic rings. The molecule has 2 aromatic carbocycles. The number of hydrogen-bond acceptors (Lipinski definition) is 4. The minimum Gasteiger partial charge on any atom is -0.377 e. The van der Waals surface area contributed by atoms with Crippen LogP contribution in [0.5, 0.6) is 0 Å². The third-order valence-corrected chi connectivity index (χ3v) is 4.42. The van der Waals surface area contributed by atoms with E-state index in [1.54, 1.807) is 0 Å². The van der Waals surface area contributed by atoms with Crippen molar-refractivity contribution in [2.75, 3.05) is 0 Å². The second-order valence-corrected chi connectivity index (χ2v) is 7.53. The first-order valence-corrected chi connectivity index (χ1v) is 8.73. The van der Waals surface area contributed by atoms with Crippen LogP contribution in [0.1, 0.15) is 25.0 Å². The van der Waals surface area contributed by atoms with E-state index >= 15 is 0 Å². The summed E-state index contributed by atoms with van der Waals surface area (Å²) in [5.41, 5.74) is 8.86. The van der Waals surface area contributed by atoms with E-state index in [4.69, 9.17) is 5.73 Å². The molecule has 1 amide bonds. The smallest absolute Gasteiger partial charge is 0.271 e. The Morgan fingerprint density at radius 2 is 1.96 bits per heavy atom. The number of azo groups is 1. The summed E-state index contributed by atoms with van der Waals surface area (Å²) in [6.07, 6.45) is 0.849. The van der Waals surface area contributed by atoms with Gasteiger partial charge in [0.2, 0.25) is 0 Å². The summed E-state index contributed by atoms with van der Waals surface area (Å²) in [5, 5.41) is 11.7. The molecule has 25 heavy (non-hydrogen) atoms. The molecule has 0 aromatic heterocycles. The van der Waals surface area contributed by atoms with Gasteiger partial charge in [-0.1, -0.05) is 46.3 Å². The van der Waals surface area contributed by atoms with Crippen LogP contribution in [-0.2, 0) is 11.2 Å². The number of rotatable bonds is 3. The van der Waals surface area contributed by atoms with Crippen molar-refractivity contribution in [2.24, 2.45) is 16.0 Å². The number of nitrogens with two attached hydrogens (primary N) is 1. The molecule has 0 aliphatic carbocycles. The second-order valence-electron chi connectivity index (χ2n) is 6.61. The molecule has 0 unspecified atom stereocenters. The van der Waals surface area contributed by atoms with Gasteiger partial charge in [0, 0.05) is 15.6 Å². The summed E-state index contributed by atoms with van der Waals surface area (Å²) in [6.45, 7) is 4.15. The number of halogens is 1. The van der Waals surface area contributed by atoms with Crippen molar-refractivity contribution in [3.63, 3.8) is 0 Å². The SMILES string of the molecule is CC1(C)Cc2ccccc2C(=C(N=Nc2cccc(Br)c2)C(N)=O)N1. The van der Waals surface area contributed by atoms with Crippen LogP contribution in [-0.4, -0.2) is 11.4 Å². The Hall–Kier alpha value is -2.47. The molecule has 0 fully saturated rings. The van der Waals surface area contributed by atoms with E-state index in [2.05, 4.69) is 51.4 Å². The lowest BCUT2D eigenvalue weighted by Gasteiger charge is -2.35. The van der Waals surface area contributed by atoms with Crippen molar-refractivity contribution in [1.82, 2.24) is 5.32 Å². The molecular weight excluding hydrogens is 380 g/mol. The van der Waals surface area contributed by atoms with Gasteiger partial charge in [0.25, 0.3) is 5.91 Å². The number of carbonyl (C=O) groups is 1. The molecular formula is C19H19BrN4O. The highest BCUT2D eigenvalue weighted by Gasteiger charge is 2.30. The minimum atomic E-state index is -0.617. The van der Waals surface area contributed by atoms with Crippen molar-refractivity contribution < 1.29 is 4.79 Å². The fourth-order valence-electron chi connectivity index (χ4n) is 2.90. The quantitative estimate of drug-likeness (QED) is 0.596. The first kappa shape index (κ1) is 17.4. The van der Waals surface area contributed by atoms with Crippen molar-refractivity contribution >= 4 is 33.2 Å². The van der Waals surface area contributed by atoms with Gasteiger partial charge in [-0.15, -0.1) is 5.11 Å². The second kappa shape index (κ2) is 6.80. The molecule has 1 aliphatic heterocycles. The van der Waals surface area contributed by atoms with Crippen LogP contribution in [0.2, 0.25) is 0 Å². The van der Waals surface area contributed by atoms with E-state index in [1.165, 1.54) is 0 Å². The van der Waals surface area contributed by atoms with Gasteiger partial charge in [-0.2, -0.15) is 5.11 Å². The summed E-state index contributed by atoms with van der Waals surface area (Å²) in [6, 6.07) is 15.3. The lowest BCUT2D eigenvalue weighted by molar-refractivity contribution is -0.114. The Morgan fingerprint density at radius 1 is 1.20 bits per heavy atom. The Labute approximate surface area is 155 Å². The Morgan fingerprint density at radius 3 is 2.68 bits per heavy atom. The van der Waals surface area contributed by atoms with Gasteiger partial charge in [-0.3, -0.25) is 4.79 Å².